The summed E-state index contributed by atoms with van der Waals surface area (Å²) in [5.41, 5.74) is 0.321. The fourth-order valence-corrected chi connectivity index (χ4v) is 2.95. The molecule has 0 aromatic carbocycles. The van der Waals surface area contributed by atoms with Crippen LogP contribution in [0.5, 0.6) is 0 Å². The molecule has 94 valence electrons. The van der Waals surface area contributed by atoms with Gasteiger partial charge in [0.2, 0.25) is 0 Å². The minimum atomic E-state index is 0.321. The lowest BCUT2D eigenvalue weighted by atomic mass is 9.98. The number of nitrogens with one attached hydrogen (secondary N) is 1. The minimum Gasteiger partial charge on any atom is -0.381 e. The minimum absolute atomic E-state index is 0.321. The van der Waals surface area contributed by atoms with Crippen molar-refractivity contribution in [1.29, 1.82) is 0 Å². The molecule has 0 saturated carbocycles. The van der Waals surface area contributed by atoms with Crippen LogP contribution in [0.2, 0.25) is 0 Å². The van der Waals surface area contributed by atoms with Crippen LogP contribution < -0.4 is 5.32 Å². The van der Waals surface area contributed by atoms with E-state index in [1.165, 1.54) is 25.8 Å². The summed E-state index contributed by atoms with van der Waals surface area (Å²) < 4.78 is 5.54. The van der Waals surface area contributed by atoms with Crippen LogP contribution in [0.25, 0.3) is 0 Å². The molecular formula is C13H26N2O. The van der Waals surface area contributed by atoms with E-state index in [-0.39, 0.29) is 0 Å². The van der Waals surface area contributed by atoms with Crippen LogP contribution in [0.3, 0.4) is 0 Å². The SMILES string of the molecule is CN(CC1CCCOC1)C1CNC(C)(C)C1. The van der Waals surface area contributed by atoms with Crippen molar-refractivity contribution in [2.75, 3.05) is 33.4 Å². The normalized spacial score (nSPS) is 34.5. The van der Waals surface area contributed by atoms with Crippen molar-refractivity contribution in [1.82, 2.24) is 10.2 Å². The van der Waals surface area contributed by atoms with Crippen molar-refractivity contribution in [3.8, 4) is 0 Å². The second-order valence-corrected chi connectivity index (χ2v) is 6.15. The highest BCUT2D eigenvalue weighted by molar-refractivity contribution is 4.93. The van der Waals surface area contributed by atoms with E-state index < -0.39 is 0 Å². The molecule has 2 aliphatic rings. The number of ether oxygens (including phenoxy) is 1. The summed E-state index contributed by atoms with van der Waals surface area (Å²) in [6, 6.07) is 0.705. The van der Waals surface area contributed by atoms with Crippen molar-refractivity contribution in [2.24, 2.45) is 5.92 Å². The quantitative estimate of drug-likeness (QED) is 0.789. The van der Waals surface area contributed by atoms with Gasteiger partial charge in [0.15, 0.2) is 0 Å². The molecule has 2 aliphatic heterocycles. The van der Waals surface area contributed by atoms with Crippen LogP contribution in [-0.2, 0) is 4.74 Å². The third kappa shape index (κ3) is 3.19. The number of hydrogen-bond acceptors (Lipinski definition) is 3. The van der Waals surface area contributed by atoms with Gasteiger partial charge in [-0.25, -0.2) is 0 Å². The van der Waals surface area contributed by atoms with Crippen molar-refractivity contribution < 1.29 is 4.74 Å². The molecule has 2 unspecified atom stereocenters. The summed E-state index contributed by atoms with van der Waals surface area (Å²) in [4.78, 5) is 2.53. The highest BCUT2D eigenvalue weighted by Crippen LogP contribution is 2.23. The fraction of sp³-hybridized carbons (Fsp3) is 1.00. The van der Waals surface area contributed by atoms with E-state index in [0.29, 0.717) is 11.6 Å². The average molecular weight is 226 g/mol. The zero-order chi connectivity index (χ0) is 11.6. The Bertz CT molecular complexity index is 224. The monoisotopic (exact) mass is 226 g/mol. The summed E-state index contributed by atoms with van der Waals surface area (Å²) in [7, 11) is 2.27. The van der Waals surface area contributed by atoms with Crippen LogP contribution in [0.15, 0.2) is 0 Å². The first kappa shape index (κ1) is 12.3. The first-order chi connectivity index (χ1) is 7.57. The third-order valence-electron chi connectivity index (χ3n) is 3.99. The van der Waals surface area contributed by atoms with Gasteiger partial charge in [-0.1, -0.05) is 0 Å². The smallest absolute Gasteiger partial charge is 0.0506 e. The third-order valence-corrected chi connectivity index (χ3v) is 3.99. The van der Waals surface area contributed by atoms with Gasteiger partial charge in [-0.2, -0.15) is 0 Å². The predicted octanol–water partition coefficient (Wildman–Crippen LogP) is 1.49. The number of rotatable bonds is 3. The molecule has 1 N–H and O–H groups in total. The van der Waals surface area contributed by atoms with Crippen LogP contribution in [0.1, 0.15) is 33.1 Å². The number of likely N-dealkylation sites (N-methyl/N-ethyl adjacent to an activating group) is 1. The van der Waals surface area contributed by atoms with Gasteiger partial charge in [0, 0.05) is 31.3 Å². The molecule has 2 saturated heterocycles. The second kappa shape index (κ2) is 5.03. The van der Waals surface area contributed by atoms with E-state index >= 15 is 0 Å². The predicted molar refractivity (Wildman–Crippen MR) is 66.7 cm³/mol. The Morgan fingerprint density at radius 3 is 2.81 bits per heavy atom. The van der Waals surface area contributed by atoms with Gasteiger partial charge in [0.25, 0.3) is 0 Å². The Hall–Kier alpha value is -0.120. The highest BCUT2D eigenvalue weighted by Gasteiger charge is 2.33. The van der Waals surface area contributed by atoms with Crippen LogP contribution in [0, 0.1) is 5.92 Å². The van der Waals surface area contributed by atoms with Gasteiger partial charge in [0.05, 0.1) is 6.61 Å². The molecule has 2 rings (SSSR count). The van der Waals surface area contributed by atoms with Crippen LogP contribution in [0.4, 0.5) is 0 Å². The van der Waals surface area contributed by atoms with Crippen molar-refractivity contribution in [3.63, 3.8) is 0 Å². The molecule has 0 bridgehead atoms. The average Bonchev–Trinajstić information content (AvgIpc) is 2.60. The van der Waals surface area contributed by atoms with Crippen molar-refractivity contribution in [3.05, 3.63) is 0 Å². The summed E-state index contributed by atoms with van der Waals surface area (Å²) in [5.74, 6) is 0.752. The van der Waals surface area contributed by atoms with Crippen molar-refractivity contribution >= 4 is 0 Å². The summed E-state index contributed by atoms with van der Waals surface area (Å²) in [6.45, 7) is 8.86. The molecule has 0 amide bonds. The lowest BCUT2D eigenvalue weighted by Crippen LogP contribution is -2.39. The fourth-order valence-electron chi connectivity index (χ4n) is 2.95. The van der Waals surface area contributed by atoms with E-state index in [1.807, 2.05) is 0 Å². The Labute approximate surface area is 99.5 Å². The van der Waals surface area contributed by atoms with E-state index in [1.54, 1.807) is 0 Å². The summed E-state index contributed by atoms with van der Waals surface area (Å²) >= 11 is 0. The zero-order valence-corrected chi connectivity index (χ0v) is 11.0. The molecule has 3 heteroatoms. The molecule has 0 aromatic rings. The van der Waals surface area contributed by atoms with Gasteiger partial charge < -0.3 is 15.0 Å². The maximum absolute atomic E-state index is 5.54. The number of hydrogen-bond donors (Lipinski definition) is 1. The molecule has 3 nitrogen and oxygen atoms in total. The standard InChI is InChI=1S/C13H26N2O/c1-13(2)7-12(8-14-13)15(3)9-11-5-4-6-16-10-11/h11-12,14H,4-10H2,1-3H3. The largest absolute Gasteiger partial charge is 0.381 e. The Morgan fingerprint density at radius 1 is 1.44 bits per heavy atom. The topological polar surface area (TPSA) is 24.5 Å². The van der Waals surface area contributed by atoms with Crippen LogP contribution in [-0.4, -0.2) is 49.8 Å². The first-order valence-corrected chi connectivity index (χ1v) is 6.60. The molecule has 2 atom stereocenters. The maximum atomic E-state index is 5.54. The van der Waals surface area contributed by atoms with Crippen molar-refractivity contribution in [2.45, 2.75) is 44.7 Å². The Kier molecular flexibility index (Phi) is 3.88. The van der Waals surface area contributed by atoms with Crippen LogP contribution >= 0.6 is 0 Å². The molecule has 0 aromatic heterocycles. The van der Waals surface area contributed by atoms with E-state index in [9.17, 15) is 0 Å². The maximum Gasteiger partial charge on any atom is 0.0506 e. The molecule has 16 heavy (non-hydrogen) atoms. The van der Waals surface area contributed by atoms with Gasteiger partial charge in [-0.05, 0) is 46.1 Å². The Balaban J connectivity index is 1.77. The lowest BCUT2D eigenvalue weighted by Gasteiger charge is -2.31. The first-order valence-electron chi connectivity index (χ1n) is 6.60. The number of nitrogens with zero attached hydrogens (tertiary/aromatic N) is 1. The van der Waals surface area contributed by atoms with Gasteiger partial charge >= 0.3 is 0 Å². The molecule has 0 radical (unpaired) electrons. The van der Waals surface area contributed by atoms with E-state index in [2.05, 4.69) is 31.1 Å². The molecule has 2 heterocycles. The van der Waals surface area contributed by atoms with Gasteiger partial charge in [0.1, 0.15) is 0 Å². The van der Waals surface area contributed by atoms with E-state index in [0.717, 1.165) is 25.7 Å². The summed E-state index contributed by atoms with van der Waals surface area (Å²) in [5, 5.41) is 3.59. The van der Waals surface area contributed by atoms with Gasteiger partial charge in [-0.15, -0.1) is 0 Å². The summed E-state index contributed by atoms with van der Waals surface area (Å²) in [6.07, 6.45) is 3.85. The Morgan fingerprint density at radius 2 is 2.25 bits per heavy atom. The molecule has 0 aliphatic carbocycles. The second-order valence-electron chi connectivity index (χ2n) is 6.15. The van der Waals surface area contributed by atoms with Gasteiger partial charge in [-0.3, -0.25) is 0 Å². The molecular weight excluding hydrogens is 200 g/mol. The zero-order valence-electron chi connectivity index (χ0n) is 11.0. The lowest BCUT2D eigenvalue weighted by molar-refractivity contribution is 0.0370. The van der Waals surface area contributed by atoms with E-state index in [4.69, 9.17) is 4.74 Å². The highest BCUT2D eigenvalue weighted by atomic mass is 16.5. The molecule has 0 spiro atoms. The molecule has 2 fully saturated rings.